The summed E-state index contributed by atoms with van der Waals surface area (Å²) in [5.74, 6) is 1.75. The van der Waals surface area contributed by atoms with Gasteiger partial charge in [0.25, 0.3) is 0 Å². The first-order valence-corrected chi connectivity index (χ1v) is 5.93. The van der Waals surface area contributed by atoms with Crippen LogP contribution in [0.4, 0.5) is 10.8 Å². The number of nitrogens with two attached hydrogens (primary N) is 1. The van der Waals surface area contributed by atoms with Gasteiger partial charge < -0.3 is 15.8 Å². The highest BCUT2D eigenvalue weighted by Crippen LogP contribution is 2.35. The van der Waals surface area contributed by atoms with Crippen molar-refractivity contribution in [2.24, 2.45) is 5.92 Å². The second-order valence-corrected chi connectivity index (χ2v) is 4.94. The second-order valence-electron chi connectivity index (χ2n) is 4.17. The molecule has 0 saturated heterocycles. The molecule has 5 heteroatoms. The maximum atomic E-state index is 5.73. The minimum atomic E-state index is 0.114. The highest BCUT2D eigenvalue weighted by molar-refractivity contribution is 7.11. The fourth-order valence-electron chi connectivity index (χ4n) is 1.05. The molecule has 0 atom stereocenters. The van der Waals surface area contributed by atoms with E-state index in [0.29, 0.717) is 17.5 Å². The van der Waals surface area contributed by atoms with Gasteiger partial charge in [0.2, 0.25) is 0 Å². The van der Waals surface area contributed by atoms with Gasteiger partial charge in [0, 0.05) is 6.54 Å². The smallest absolute Gasteiger partial charge is 0.197 e. The number of hydrogen-bond acceptors (Lipinski definition) is 5. The first kappa shape index (κ1) is 12.1. The topological polar surface area (TPSA) is 60.2 Å². The van der Waals surface area contributed by atoms with E-state index >= 15 is 0 Å². The Hall–Kier alpha value is -0.970. The van der Waals surface area contributed by atoms with E-state index < -0.39 is 0 Å². The summed E-state index contributed by atoms with van der Waals surface area (Å²) < 4.78 is 9.69. The molecule has 0 aliphatic heterocycles. The van der Waals surface area contributed by atoms with E-state index in [1.807, 2.05) is 13.8 Å². The molecule has 0 bridgehead atoms. The van der Waals surface area contributed by atoms with E-state index in [0.717, 1.165) is 11.5 Å². The number of nitrogens with one attached hydrogen (secondary N) is 1. The normalized spacial score (nSPS) is 11.1. The lowest BCUT2D eigenvalue weighted by Gasteiger charge is -2.12. The maximum Gasteiger partial charge on any atom is 0.197 e. The zero-order chi connectivity index (χ0) is 11.4. The summed E-state index contributed by atoms with van der Waals surface area (Å²) in [6.45, 7) is 9.16. The molecular weight excluding hydrogens is 210 g/mol. The fourth-order valence-corrected chi connectivity index (χ4v) is 1.71. The van der Waals surface area contributed by atoms with Gasteiger partial charge in [-0.1, -0.05) is 13.8 Å². The van der Waals surface area contributed by atoms with Crippen LogP contribution in [0.25, 0.3) is 0 Å². The van der Waals surface area contributed by atoms with Crippen LogP contribution < -0.4 is 15.8 Å². The number of nitrogen functional groups attached to an aromatic ring is 1. The fraction of sp³-hybridized carbons (Fsp3) is 0.700. The van der Waals surface area contributed by atoms with Gasteiger partial charge in [-0.05, 0) is 31.3 Å². The Morgan fingerprint density at radius 3 is 2.60 bits per heavy atom. The van der Waals surface area contributed by atoms with Crippen LogP contribution in [0.15, 0.2) is 0 Å². The Kier molecular flexibility index (Phi) is 4.20. The van der Waals surface area contributed by atoms with Crippen LogP contribution in [0, 0.1) is 5.92 Å². The molecule has 86 valence electrons. The van der Waals surface area contributed by atoms with E-state index in [2.05, 4.69) is 23.5 Å². The molecule has 4 nitrogen and oxygen atoms in total. The molecule has 0 aliphatic rings. The first-order chi connectivity index (χ1) is 7.00. The summed E-state index contributed by atoms with van der Waals surface area (Å²) >= 11 is 1.35. The Bertz CT molecular complexity index is 310. The molecule has 0 saturated carbocycles. The van der Waals surface area contributed by atoms with Crippen LogP contribution in [-0.2, 0) is 0 Å². The van der Waals surface area contributed by atoms with E-state index in [1.54, 1.807) is 0 Å². The van der Waals surface area contributed by atoms with Gasteiger partial charge in [-0.2, -0.15) is 4.37 Å². The van der Waals surface area contributed by atoms with Gasteiger partial charge in [0.15, 0.2) is 16.6 Å². The molecule has 3 N–H and O–H groups in total. The van der Waals surface area contributed by atoms with Crippen molar-refractivity contribution in [3.05, 3.63) is 0 Å². The summed E-state index contributed by atoms with van der Waals surface area (Å²) in [6.07, 6.45) is 0.114. The SMILES string of the molecule is CC(C)CNc1snc(N)c1OC(C)C. The Morgan fingerprint density at radius 2 is 2.07 bits per heavy atom. The summed E-state index contributed by atoms with van der Waals surface area (Å²) in [6, 6.07) is 0. The Balaban J connectivity index is 2.70. The van der Waals surface area contributed by atoms with Gasteiger partial charge in [0.05, 0.1) is 6.10 Å². The van der Waals surface area contributed by atoms with Crippen molar-refractivity contribution >= 4 is 22.4 Å². The molecule has 0 unspecified atom stereocenters. The van der Waals surface area contributed by atoms with Crippen molar-refractivity contribution in [3.8, 4) is 5.75 Å². The number of anilines is 2. The Labute approximate surface area is 95.0 Å². The molecule has 15 heavy (non-hydrogen) atoms. The summed E-state index contributed by atoms with van der Waals surface area (Å²) in [5.41, 5.74) is 5.73. The van der Waals surface area contributed by atoms with Gasteiger partial charge in [-0.25, -0.2) is 0 Å². The molecule has 0 fully saturated rings. The lowest BCUT2D eigenvalue weighted by Crippen LogP contribution is -2.11. The van der Waals surface area contributed by atoms with Crippen molar-refractivity contribution < 1.29 is 4.74 Å². The molecular formula is C10H19N3OS. The molecule has 0 aromatic carbocycles. The lowest BCUT2D eigenvalue weighted by atomic mass is 10.2. The number of ether oxygens (including phenoxy) is 1. The minimum absolute atomic E-state index is 0.114. The zero-order valence-corrected chi connectivity index (χ0v) is 10.5. The Morgan fingerprint density at radius 1 is 1.40 bits per heavy atom. The van der Waals surface area contributed by atoms with Crippen molar-refractivity contribution in [3.63, 3.8) is 0 Å². The molecule has 1 heterocycles. The molecule has 0 amide bonds. The largest absolute Gasteiger partial charge is 0.484 e. The predicted molar refractivity (Wildman–Crippen MR) is 65.6 cm³/mol. The standard InChI is InChI=1S/C10H19N3OS/c1-6(2)5-12-10-8(14-7(3)4)9(11)13-15-10/h6-7,12H,5H2,1-4H3,(H2,11,13). The highest BCUT2D eigenvalue weighted by Gasteiger charge is 2.14. The summed E-state index contributed by atoms with van der Waals surface area (Å²) in [7, 11) is 0. The monoisotopic (exact) mass is 229 g/mol. The van der Waals surface area contributed by atoms with Crippen molar-refractivity contribution in [1.82, 2.24) is 4.37 Å². The van der Waals surface area contributed by atoms with Crippen LogP contribution >= 0.6 is 11.5 Å². The number of hydrogen-bond donors (Lipinski definition) is 2. The van der Waals surface area contributed by atoms with E-state index in [1.165, 1.54) is 11.5 Å². The lowest BCUT2D eigenvalue weighted by molar-refractivity contribution is 0.245. The minimum Gasteiger partial charge on any atom is -0.484 e. The van der Waals surface area contributed by atoms with E-state index in [-0.39, 0.29) is 6.10 Å². The van der Waals surface area contributed by atoms with Gasteiger partial charge >= 0.3 is 0 Å². The first-order valence-electron chi connectivity index (χ1n) is 5.16. The maximum absolute atomic E-state index is 5.73. The number of nitrogens with zero attached hydrogens (tertiary/aromatic N) is 1. The molecule has 0 spiro atoms. The van der Waals surface area contributed by atoms with Crippen LogP contribution in [0.2, 0.25) is 0 Å². The molecule has 1 aromatic rings. The third-order valence-corrected chi connectivity index (χ3v) is 2.50. The van der Waals surface area contributed by atoms with Crippen molar-refractivity contribution in [1.29, 1.82) is 0 Å². The van der Waals surface area contributed by atoms with Gasteiger partial charge in [0.1, 0.15) is 0 Å². The van der Waals surface area contributed by atoms with E-state index in [9.17, 15) is 0 Å². The third kappa shape index (κ3) is 3.58. The van der Waals surface area contributed by atoms with Crippen molar-refractivity contribution in [2.75, 3.05) is 17.6 Å². The van der Waals surface area contributed by atoms with Crippen LogP contribution in [0.3, 0.4) is 0 Å². The average molecular weight is 229 g/mol. The van der Waals surface area contributed by atoms with Crippen LogP contribution in [0.1, 0.15) is 27.7 Å². The number of aromatic nitrogens is 1. The second kappa shape index (κ2) is 5.21. The quantitative estimate of drug-likeness (QED) is 0.814. The molecule has 1 rings (SSSR count). The summed E-state index contributed by atoms with van der Waals surface area (Å²) in [5, 5.41) is 4.22. The predicted octanol–water partition coefficient (Wildman–Crippen LogP) is 2.58. The molecule has 0 radical (unpaired) electrons. The van der Waals surface area contributed by atoms with Crippen LogP contribution in [0.5, 0.6) is 5.75 Å². The number of rotatable bonds is 5. The van der Waals surface area contributed by atoms with Gasteiger partial charge in [-0.15, -0.1) is 0 Å². The molecule has 1 aromatic heterocycles. The average Bonchev–Trinajstić information content (AvgIpc) is 2.44. The van der Waals surface area contributed by atoms with Crippen LogP contribution in [-0.4, -0.2) is 17.0 Å². The van der Waals surface area contributed by atoms with Crippen molar-refractivity contribution in [2.45, 2.75) is 33.8 Å². The zero-order valence-electron chi connectivity index (χ0n) is 9.70. The summed E-state index contributed by atoms with van der Waals surface area (Å²) in [4.78, 5) is 0. The molecule has 0 aliphatic carbocycles. The van der Waals surface area contributed by atoms with Gasteiger partial charge in [-0.3, -0.25) is 0 Å². The highest BCUT2D eigenvalue weighted by atomic mass is 32.1. The van der Waals surface area contributed by atoms with E-state index in [4.69, 9.17) is 10.5 Å². The third-order valence-electron chi connectivity index (χ3n) is 1.70.